The van der Waals surface area contributed by atoms with Crippen LogP contribution in [-0.4, -0.2) is 40.2 Å². The summed E-state index contributed by atoms with van der Waals surface area (Å²) < 4.78 is 5.92. The molecule has 0 radical (unpaired) electrons. The summed E-state index contributed by atoms with van der Waals surface area (Å²) in [5.41, 5.74) is 1.61. The first-order valence-electron chi connectivity index (χ1n) is 8.96. The van der Waals surface area contributed by atoms with Gasteiger partial charge in [0.05, 0.1) is 17.1 Å². The number of aryl methyl sites for hydroxylation is 1. The number of morpholine rings is 1. The second kappa shape index (κ2) is 7.37. The van der Waals surface area contributed by atoms with Crippen LogP contribution in [0.3, 0.4) is 0 Å². The molecule has 1 unspecified atom stereocenters. The summed E-state index contributed by atoms with van der Waals surface area (Å²) in [5, 5.41) is 10.9. The molecule has 26 heavy (non-hydrogen) atoms. The number of hydrogen-bond donors (Lipinski definition) is 0. The van der Waals surface area contributed by atoms with Crippen LogP contribution in [0.2, 0.25) is 0 Å². The number of rotatable bonds is 5. The molecule has 0 bridgehead atoms. The molecule has 0 aliphatic carbocycles. The van der Waals surface area contributed by atoms with Gasteiger partial charge in [-0.25, -0.2) is 9.97 Å². The van der Waals surface area contributed by atoms with E-state index in [1.54, 1.807) is 12.1 Å². The van der Waals surface area contributed by atoms with Crippen molar-refractivity contribution in [1.82, 2.24) is 9.97 Å². The van der Waals surface area contributed by atoms with Crippen LogP contribution >= 0.6 is 0 Å². The summed E-state index contributed by atoms with van der Waals surface area (Å²) in [7, 11) is 0. The number of ether oxygens (including phenoxy) is 1. The first-order valence-corrected chi connectivity index (χ1v) is 8.96. The lowest BCUT2D eigenvalue weighted by molar-refractivity contribution is -0.384. The molecule has 138 valence electrons. The average molecular weight is 356 g/mol. The van der Waals surface area contributed by atoms with Gasteiger partial charge in [0, 0.05) is 42.5 Å². The second-order valence-corrected chi connectivity index (χ2v) is 6.77. The Morgan fingerprint density at radius 1 is 1.27 bits per heavy atom. The van der Waals surface area contributed by atoms with Crippen LogP contribution < -0.4 is 4.90 Å². The summed E-state index contributed by atoms with van der Waals surface area (Å²) in [6, 6.07) is 8.40. The molecule has 1 aromatic carbocycles. The van der Waals surface area contributed by atoms with E-state index in [1.165, 1.54) is 12.1 Å². The van der Waals surface area contributed by atoms with Crippen molar-refractivity contribution in [2.24, 2.45) is 0 Å². The molecule has 0 saturated carbocycles. The maximum absolute atomic E-state index is 10.9. The van der Waals surface area contributed by atoms with Crippen molar-refractivity contribution in [2.45, 2.75) is 39.2 Å². The van der Waals surface area contributed by atoms with Gasteiger partial charge in [-0.3, -0.25) is 10.1 Å². The third-order valence-electron chi connectivity index (χ3n) is 4.87. The van der Waals surface area contributed by atoms with Crippen molar-refractivity contribution in [2.75, 3.05) is 24.6 Å². The van der Waals surface area contributed by atoms with Crippen LogP contribution in [-0.2, 0) is 11.2 Å². The van der Waals surface area contributed by atoms with Crippen LogP contribution in [0.25, 0.3) is 11.4 Å². The lowest BCUT2D eigenvalue weighted by atomic mass is 10.0. The largest absolute Gasteiger partial charge is 0.372 e. The monoisotopic (exact) mass is 356 g/mol. The molecule has 7 heteroatoms. The minimum Gasteiger partial charge on any atom is -0.372 e. The number of nitro benzene ring substituents is 1. The quantitative estimate of drug-likeness (QED) is 0.601. The van der Waals surface area contributed by atoms with Crippen LogP contribution in [0, 0.1) is 10.1 Å². The lowest BCUT2D eigenvalue weighted by Crippen LogP contribution is -2.50. The summed E-state index contributed by atoms with van der Waals surface area (Å²) in [6.07, 6.45) is 1.73. The molecule has 1 aromatic heterocycles. The van der Waals surface area contributed by atoms with Gasteiger partial charge < -0.3 is 9.64 Å². The van der Waals surface area contributed by atoms with Gasteiger partial charge in [0.15, 0.2) is 5.82 Å². The molecule has 3 rings (SSSR count). The maximum atomic E-state index is 10.9. The van der Waals surface area contributed by atoms with Gasteiger partial charge >= 0.3 is 0 Å². The molecular formula is C19H24N4O3. The first kappa shape index (κ1) is 18.3. The zero-order valence-corrected chi connectivity index (χ0v) is 15.4. The molecule has 7 nitrogen and oxygen atoms in total. The van der Waals surface area contributed by atoms with E-state index in [0.29, 0.717) is 12.4 Å². The Morgan fingerprint density at radius 3 is 2.62 bits per heavy atom. The van der Waals surface area contributed by atoms with E-state index in [2.05, 4.69) is 30.7 Å². The van der Waals surface area contributed by atoms with E-state index in [0.717, 1.165) is 43.0 Å². The number of aromatic nitrogens is 2. The lowest BCUT2D eigenvalue weighted by Gasteiger charge is -2.40. The standard InChI is InChI=1S/C19H24N4O3/c1-4-15-12-17(22-10-11-26-19(3,5-2)13-22)21-18(20-15)14-6-8-16(9-7-14)23(24)25/h6-9,12H,4-5,10-11,13H2,1-3H3. The van der Waals surface area contributed by atoms with Gasteiger partial charge in [-0.15, -0.1) is 0 Å². The van der Waals surface area contributed by atoms with Crippen LogP contribution in [0.1, 0.15) is 32.9 Å². The number of anilines is 1. The maximum Gasteiger partial charge on any atom is 0.269 e. The normalized spacial score (nSPS) is 20.2. The number of nitro groups is 1. The Balaban J connectivity index is 1.95. The van der Waals surface area contributed by atoms with Gasteiger partial charge in [0.1, 0.15) is 5.82 Å². The highest BCUT2D eigenvalue weighted by Crippen LogP contribution is 2.27. The third kappa shape index (κ3) is 3.83. The molecular weight excluding hydrogens is 332 g/mol. The number of benzene rings is 1. The van der Waals surface area contributed by atoms with Gasteiger partial charge in [-0.05, 0) is 31.9 Å². The van der Waals surface area contributed by atoms with Crippen LogP contribution in [0.5, 0.6) is 0 Å². The van der Waals surface area contributed by atoms with Crippen molar-refractivity contribution in [3.63, 3.8) is 0 Å². The Morgan fingerprint density at radius 2 is 2.00 bits per heavy atom. The first-order chi connectivity index (χ1) is 12.4. The third-order valence-corrected chi connectivity index (χ3v) is 4.87. The van der Waals surface area contributed by atoms with Crippen molar-refractivity contribution < 1.29 is 9.66 Å². The average Bonchev–Trinajstić information content (AvgIpc) is 2.67. The minimum absolute atomic E-state index is 0.0625. The van der Waals surface area contributed by atoms with Crippen LogP contribution in [0.4, 0.5) is 11.5 Å². The van der Waals surface area contributed by atoms with E-state index in [-0.39, 0.29) is 11.3 Å². The van der Waals surface area contributed by atoms with Crippen LogP contribution in [0.15, 0.2) is 30.3 Å². The predicted molar refractivity (Wildman–Crippen MR) is 100 cm³/mol. The van der Waals surface area contributed by atoms with Crippen molar-refractivity contribution in [1.29, 1.82) is 0 Å². The van der Waals surface area contributed by atoms with Gasteiger partial charge in [-0.2, -0.15) is 0 Å². The highest BCUT2D eigenvalue weighted by Gasteiger charge is 2.31. The Labute approximate surface area is 153 Å². The van der Waals surface area contributed by atoms with Crippen molar-refractivity contribution in [3.8, 4) is 11.4 Å². The second-order valence-electron chi connectivity index (χ2n) is 6.77. The summed E-state index contributed by atoms with van der Waals surface area (Å²) in [6.45, 7) is 8.55. The van der Waals surface area contributed by atoms with E-state index >= 15 is 0 Å². The van der Waals surface area contributed by atoms with E-state index in [1.807, 2.05) is 6.07 Å². The van der Waals surface area contributed by atoms with E-state index in [9.17, 15) is 10.1 Å². The summed E-state index contributed by atoms with van der Waals surface area (Å²) >= 11 is 0. The van der Waals surface area contributed by atoms with E-state index < -0.39 is 4.92 Å². The molecule has 0 N–H and O–H groups in total. The molecule has 2 heterocycles. The number of hydrogen-bond acceptors (Lipinski definition) is 6. The molecule has 1 saturated heterocycles. The number of nitrogens with zero attached hydrogens (tertiary/aromatic N) is 4. The molecule has 1 fully saturated rings. The highest BCUT2D eigenvalue weighted by atomic mass is 16.6. The molecule has 1 aliphatic heterocycles. The molecule has 0 amide bonds. The molecule has 1 aliphatic rings. The fourth-order valence-corrected chi connectivity index (χ4v) is 3.03. The topological polar surface area (TPSA) is 81.4 Å². The minimum atomic E-state index is -0.405. The Hall–Kier alpha value is -2.54. The predicted octanol–water partition coefficient (Wildman–Crippen LogP) is 3.62. The van der Waals surface area contributed by atoms with Gasteiger partial charge in [0.25, 0.3) is 5.69 Å². The highest BCUT2D eigenvalue weighted by molar-refractivity contribution is 5.60. The fourth-order valence-electron chi connectivity index (χ4n) is 3.03. The van der Waals surface area contributed by atoms with Crippen molar-refractivity contribution >= 4 is 11.5 Å². The molecule has 1 atom stereocenters. The Bertz CT molecular complexity index is 794. The zero-order valence-electron chi connectivity index (χ0n) is 15.4. The summed E-state index contributed by atoms with van der Waals surface area (Å²) in [5.74, 6) is 1.48. The smallest absolute Gasteiger partial charge is 0.269 e. The zero-order chi connectivity index (χ0) is 18.7. The van der Waals surface area contributed by atoms with Gasteiger partial charge in [-0.1, -0.05) is 13.8 Å². The SMILES string of the molecule is CCc1cc(N2CCOC(C)(CC)C2)nc(-c2ccc([N+](=O)[O-])cc2)n1. The fraction of sp³-hybridized carbons (Fsp3) is 0.474. The van der Waals surface area contributed by atoms with Gasteiger partial charge in [0.2, 0.25) is 0 Å². The molecule has 0 spiro atoms. The Kier molecular flexibility index (Phi) is 5.18. The van der Waals surface area contributed by atoms with Crippen molar-refractivity contribution in [3.05, 3.63) is 46.1 Å². The summed E-state index contributed by atoms with van der Waals surface area (Å²) in [4.78, 5) is 22.0. The molecule has 2 aromatic rings. The van der Waals surface area contributed by atoms with E-state index in [4.69, 9.17) is 9.72 Å². The number of non-ortho nitro benzene ring substituents is 1.